The van der Waals surface area contributed by atoms with Gasteiger partial charge in [-0.05, 0) is 198 Å². The van der Waals surface area contributed by atoms with Crippen LogP contribution >= 0.6 is 0 Å². The van der Waals surface area contributed by atoms with Crippen molar-refractivity contribution in [1.82, 2.24) is 13.7 Å². The minimum atomic E-state index is -1.02. The van der Waals surface area contributed by atoms with Gasteiger partial charge in [-0.15, -0.1) is 0 Å². The maximum Gasteiger partial charge on any atom is 0.252 e. The lowest BCUT2D eigenvalue weighted by molar-refractivity contribution is 0.590. The molecule has 0 spiro atoms. The molecular formula is C103H81BN6. The summed E-state index contributed by atoms with van der Waals surface area (Å²) in [7, 11) is 0. The second-order valence-corrected chi connectivity index (χ2v) is 31.4. The SMILES string of the molecule is [2H]c1c([2H])c([2H])c(-c2ccc3c(c2)N(c2c(-c4ccccc4)cc(C(C)(C)C)cc2-c2ccccc2)c2cc(-n4c5c([2H])c([2H])c([2H])c([2H])c5c5c([2H])c([2H])c([2H])c([2H])c54)cc4c2B3c2ccc(-n3c5ccc(C(C)(C)C)cc5c5cc(C(C)(C)C)ccc53)cc2N4c2cc(C#N)cc(-n3c4c([2H])c([2H])c([2H])c([2H])c4c4c([2H])c(-c5c([2H])c([2H])c([2H])c([2H])c5[2H])c([2H])c([2H])c43)c2)c([2H])c1[2H]. The Bertz CT molecular complexity index is 8200. The second kappa shape index (κ2) is 25.0. The molecule has 5 heterocycles. The van der Waals surface area contributed by atoms with E-state index in [1.165, 1.54) is 15.2 Å². The summed E-state index contributed by atoms with van der Waals surface area (Å²) in [6.45, 7) is 18.1. The van der Waals surface area contributed by atoms with Crippen LogP contribution in [0.25, 0.3) is 127 Å². The summed E-state index contributed by atoms with van der Waals surface area (Å²) < 4.78 is 243. The lowest BCUT2D eigenvalue weighted by Gasteiger charge is -2.45. The number of nitriles is 1. The average molecular weight is 1440 g/mol. The standard InChI is InChI=1S/C103H81BN6/c1-101(2,3)72-44-50-93-85(56-72)86-57-73(102(4,5)6)45-51-94(86)106(93)75-46-48-88-96(61-75)109(77-53-65(64-105)52-76(60-77)107-91-41-27-24-38-81(91)84-54-70(43-49-92(84)107)66-28-14-10-15-29-66)97-62-78(108-89-39-25-22-36-79(89)80-37-23-26-40-90(80)108)63-98-99(97)104(88)87-47-42-71(67-30-16-11-17-31-67)55-95(87)110(98)100-82(68-32-18-12-19-33-68)58-74(103(7,8)9)59-83(100)69-34-20-13-21-35-69/h10-63H,1-9H3/i10D,11D,14D,15D,16D,17D,22D,23D,24D,25D,26D,27D,28D,29D,30D,31D,36D,37D,38D,39D,40D,41D,43D,49D,54D. The van der Waals surface area contributed by atoms with Gasteiger partial charge in [-0.2, -0.15) is 5.26 Å². The number of hydrogen-bond donors (Lipinski definition) is 0. The lowest BCUT2D eigenvalue weighted by atomic mass is 9.33. The van der Waals surface area contributed by atoms with Crippen molar-refractivity contribution in [1.29, 1.82) is 5.26 Å². The molecule has 2 aliphatic rings. The average Bonchev–Trinajstić information content (AvgIpc) is 1.56. The van der Waals surface area contributed by atoms with Crippen LogP contribution in [0.3, 0.4) is 0 Å². The van der Waals surface area contributed by atoms with Crippen LogP contribution in [0.4, 0.5) is 34.1 Å². The first-order valence-electron chi connectivity index (χ1n) is 49.0. The summed E-state index contributed by atoms with van der Waals surface area (Å²) in [6, 6.07) is 40.7. The van der Waals surface area contributed by atoms with E-state index in [2.05, 4.69) is 121 Å². The third kappa shape index (κ3) is 10.6. The molecule has 0 saturated carbocycles. The molecule has 18 aromatic rings. The van der Waals surface area contributed by atoms with Gasteiger partial charge in [0, 0.05) is 83.3 Å². The van der Waals surface area contributed by atoms with Gasteiger partial charge >= 0.3 is 0 Å². The Morgan fingerprint density at radius 2 is 0.755 bits per heavy atom. The van der Waals surface area contributed by atoms with Crippen LogP contribution in [0.2, 0.25) is 0 Å². The predicted octanol–water partition coefficient (Wildman–Crippen LogP) is 25.5. The number of fused-ring (bicyclic) bond motifs is 13. The van der Waals surface area contributed by atoms with Crippen LogP contribution in [0.1, 0.15) is 119 Å². The van der Waals surface area contributed by atoms with Crippen molar-refractivity contribution in [2.75, 3.05) is 9.80 Å². The molecule has 110 heavy (non-hydrogen) atoms. The van der Waals surface area contributed by atoms with Gasteiger partial charge in [-0.3, -0.25) is 0 Å². The molecule has 0 saturated heterocycles. The first-order valence-corrected chi connectivity index (χ1v) is 36.5. The van der Waals surface area contributed by atoms with Crippen LogP contribution in [-0.4, -0.2) is 20.4 Å². The van der Waals surface area contributed by atoms with Gasteiger partial charge in [0.25, 0.3) is 6.71 Å². The van der Waals surface area contributed by atoms with Crippen molar-refractivity contribution in [2.45, 2.75) is 78.6 Å². The van der Waals surface area contributed by atoms with Crippen molar-refractivity contribution in [2.24, 2.45) is 0 Å². The Hall–Kier alpha value is -13.1. The fourth-order valence-electron chi connectivity index (χ4n) is 16.4. The molecule has 0 fully saturated rings. The number of rotatable bonds is 9. The van der Waals surface area contributed by atoms with E-state index in [1.807, 2.05) is 94.7 Å². The molecule has 0 atom stereocenters. The largest absolute Gasteiger partial charge is 0.311 e. The topological polar surface area (TPSA) is 45.1 Å². The minimum absolute atomic E-state index is 0.00713. The Morgan fingerprint density at radius 1 is 0.309 bits per heavy atom. The molecule has 15 aromatic carbocycles. The van der Waals surface area contributed by atoms with E-state index in [9.17, 15) is 34.0 Å². The maximum atomic E-state index is 12.1. The summed E-state index contributed by atoms with van der Waals surface area (Å²) in [5.74, 6) is 0. The summed E-state index contributed by atoms with van der Waals surface area (Å²) in [5.41, 5.74) is 7.38. The molecule has 0 radical (unpaired) electrons. The minimum Gasteiger partial charge on any atom is -0.311 e. The van der Waals surface area contributed by atoms with Crippen molar-refractivity contribution in [3.8, 4) is 67.6 Å². The fourth-order valence-corrected chi connectivity index (χ4v) is 16.4. The number of benzene rings is 15. The van der Waals surface area contributed by atoms with E-state index in [4.69, 9.17) is 5.48 Å². The highest BCUT2D eigenvalue weighted by Gasteiger charge is 2.46. The molecular weight excluding hydrogens is 1330 g/mol. The van der Waals surface area contributed by atoms with Gasteiger partial charge in [0.15, 0.2) is 0 Å². The monoisotopic (exact) mass is 1440 g/mol. The summed E-state index contributed by atoms with van der Waals surface area (Å²) in [6.07, 6.45) is 0. The van der Waals surface area contributed by atoms with E-state index in [-0.39, 0.29) is 99.6 Å². The van der Waals surface area contributed by atoms with Crippen LogP contribution in [0, 0.1) is 11.3 Å². The first-order chi connectivity index (χ1) is 63.8. The number of nitrogens with zero attached hydrogens (tertiary/aromatic N) is 6. The molecule has 7 heteroatoms. The zero-order valence-electron chi connectivity index (χ0n) is 86.5. The van der Waals surface area contributed by atoms with Crippen LogP contribution in [-0.2, 0) is 16.2 Å². The van der Waals surface area contributed by atoms with E-state index >= 15 is 0 Å². The van der Waals surface area contributed by atoms with Gasteiger partial charge in [-0.25, -0.2) is 0 Å². The number of para-hydroxylation sites is 3. The van der Waals surface area contributed by atoms with Crippen molar-refractivity contribution >= 4 is 123 Å². The molecule has 2 aliphatic heterocycles. The zero-order chi connectivity index (χ0) is 96.4. The van der Waals surface area contributed by atoms with Crippen LogP contribution in [0.15, 0.2) is 327 Å². The van der Waals surface area contributed by atoms with Crippen molar-refractivity contribution < 1.29 is 34.3 Å². The zero-order valence-corrected chi connectivity index (χ0v) is 61.5. The smallest absolute Gasteiger partial charge is 0.252 e. The second-order valence-electron chi connectivity index (χ2n) is 31.4. The van der Waals surface area contributed by atoms with Crippen molar-refractivity contribution in [3.05, 3.63) is 349 Å². The summed E-state index contributed by atoms with van der Waals surface area (Å²) in [4.78, 5) is 3.91. The Labute approximate surface area is 678 Å². The normalized spacial score (nSPS) is 16.1. The van der Waals surface area contributed by atoms with E-state index in [1.54, 1.807) is 36.4 Å². The molecule has 0 amide bonds. The molecule has 0 N–H and O–H groups in total. The van der Waals surface area contributed by atoms with E-state index < -0.39 is 174 Å². The molecule has 20 rings (SSSR count). The Kier molecular flexibility index (Phi) is 10.2. The number of aromatic nitrogens is 3. The Balaban J connectivity index is 1.02. The molecule has 526 valence electrons. The van der Waals surface area contributed by atoms with E-state index in [0.717, 1.165) is 38.5 Å². The highest BCUT2D eigenvalue weighted by molar-refractivity contribution is 7.00. The highest BCUT2D eigenvalue weighted by Crippen LogP contribution is 2.54. The first kappa shape index (κ1) is 44.9. The van der Waals surface area contributed by atoms with Crippen LogP contribution in [0.5, 0.6) is 0 Å². The highest BCUT2D eigenvalue weighted by atomic mass is 15.2. The number of hydrogen-bond acceptors (Lipinski definition) is 3. The fraction of sp³-hybridized carbons (Fsp3) is 0.117. The number of anilines is 6. The van der Waals surface area contributed by atoms with Crippen LogP contribution < -0.4 is 26.2 Å². The molecule has 6 nitrogen and oxygen atoms in total. The predicted molar refractivity (Wildman–Crippen MR) is 466 cm³/mol. The van der Waals surface area contributed by atoms with Gasteiger partial charge in [0.2, 0.25) is 0 Å². The van der Waals surface area contributed by atoms with E-state index in [0.29, 0.717) is 61.4 Å². The van der Waals surface area contributed by atoms with Crippen molar-refractivity contribution in [3.63, 3.8) is 0 Å². The molecule has 0 aliphatic carbocycles. The quantitative estimate of drug-likeness (QED) is 0.135. The maximum absolute atomic E-state index is 12.1. The third-order valence-corrected chi connectivity index (χ3v) is 21.7. The molecule has 0 bridgehead atoms. The third-order valence-electron chi connectivity index (χ3n) is 21.7. The Morgan fingerprint density at radius 3 is 1.29 bits per heavy atom. The van der Waals surface area contributed by atoms with Gasteiger partial charge in [0.1, 0.15) is 0 Å². The lowest BCUT2D eigenvalue weighted by Crippen LogP contribution is -2.61. The molecule has 0 unspecified atom stereocenters. The van der Waals surface area contributed by atoms with Gasteiger partial charge < -0.3 is 23.5 Å². The van der Waals surface area contributed by atoms with Gasteiger partial charge in [-0.1, -0.05) is 274 Å². The summed E-state index contributed by atoms with van der Waals surface area (Å²) >= 11 is 0. The van der Waals surface area contributed by atoms with Gasteiger partial charge in [0.05, 0.1) is 90.4 Å². The summed E-state index contributed by atoms with van der Waals surface area (Å²) in [5, 5.41) is 12.7. The molecule has 3 aromatic heterocycles.